The molecule has 0 amide bonds. The molecule has 8 nitrogen and oxygen atoms in total. The Balaban J connectivity index is 1.44. The van der Waals surface area contributed by atoms with Crippen LogP contribution in [0.4, 0.5) is 24.7 Å². The minimum absolute atomic E-state index is 0.197. The molecule has 210 valence electrons. The monoisotopic (exact) mass is 544 g/mol. The average Bonchev–Trinajstić information content (AvgIpc) is 2.92. The van der Waals surface area contributed by atoms with Crippen molar-refractivity contribution in [2.75, 3.05) is 56.7 Å². The van der Waals surface area contributed by atoms with Crippen LogP contribution in [0.5, 0.6) is 5.88 Å². The van der Waals surface area contributed by atoms with Crippen LogP contribution in [-0.2, 0) is 10.9 Å². The van der Waals surface area contributed by atoms with Crippen molar-refractivity contribution >= 4 is 22.5 Å². The Labute approximate surface area is 226 Å². The first-order valence-electron chi connectivity index (χ1n) is 13.4. The number of anilines is 2. The van der Waals surface area contributed by atoms with E-state index in [0.717, 1.165) is 64.0 Å². The summed E-state index contributed by atoms with van der Waals surface area (Å²) < 4.78 is 51.8. The zero-order valence-electron chi connectivity index (χ0n) is 22.8. The molecule has 39 heavy (non-hydrogen) atoms. The fraction of sp³-hybridized carbons (Fsp3) is 0.536. The van der Waals surface area contributed by atoms with Gasteiger partial charge in [-0.25, -0.2) is 9.97 Å². The van der Waals surface area contributed by atoms with Crippen LogP contribution in [-0.4, -0.2) is 72.4 Å². The molecule has 0 bridgehead atoms. The first-order valence-corrected chi connectivity index (χ1v) is 13.4. The maximum atomic E-state index is 13.5. The van der Waals surface area contributed by atoms with E-state index in [1.54, 1.807) is 20.1 Å². The maximum Gasteiger partial charge on any atom is 0.416 e. The Morgan fingerprint density at radius 2 is 1.77 bits per heavy atom. The molecule has 0 unspecified atom stereocenters. The van der Waals surface area contributed by atoms with E-state index in [2.05, 4.69) is 25.1 Å². The van der Waals surface area contributed by atoms with Gasteiger partial charge in [-0.05, 0) is 56.9 Å². The van der Waals surface area contributed by atoms with E-state index in [1.165, 1.54) is 13.0 Å². The van der Waals surface area contributed by atoms with Crippen LogP contribution in [0.1, 0.15) is 48.3 Å². The number of aromatic nitrogens is 3. The lowest BCUT2D eigenvalue weighted by Crippen LogP contribution is -2.51. The van der Waals surface area contributed by atoms with E-state index in [1.807, 2.05) is 13.0 Å². The van der Waals surface area contributed by atoms with Gasteiger partial charge in [0.05, 0.1) is 24.1 Å². The quantitative estimate of drug-likeness (QED) is 0.457. The molecule has 1 aromatic carbocycles. The number of hydrogen-bond acceptors (Lipinski definition) is 8. The summed E-state index contributed by atoms with van der Waals surface area (Å²) in [4.78, 5) is 18.7. The van der Waals surface area contributed by atoms with Gasteiger partial charge in [0.1, 0.15) is 17.3 Å². The third kappa shape index (κ3) is 5.74. The van der Waals surface area contributed by atoms with Crippen LogP contribution >= 0.6 is 0 Å². The van der Waals surface area contributed by atoms with Crippen molar-refractivity contribution in [1.82, 2.24) is 19.9 Å². The van der Waals surface area contributed by atoms with Crippen molar-refractivity contribution in [3.63, 3.8) is 0 Å². The van der Waals surface area contributed by atoms with Gasteiger partial charge in [-0.1, -0.05) is 12.1 Å². The Morgan fingerprint density at radius 3 is 2.44 bits per heavy atom. The zero-order valence-corrected chi connectivity index (χ0v) is 22.8. The summed E-state index contributed by atoms with van der Waals surface area (Å²) in [6.45, 7) is 10.3. The fourth-order valence-corrected chi connectivity index (χ4v) is 5.71. The number of methoxy groups -OCH3 is 1. The Hall–Kier alpha value is -3.18. The van der Waals surface area contributed by atoms with Crippen molar-refractivity contribution in [3.8, 4) is 5.88 Å². The van der Waals surface area contributed by atoms with Crippen LogP contribution in [0.3, 0.4) is 0 Å². The van der Waals surface area contributed by atoms with Crippen molar-refractivity contribution in [2.45, 2.75) is 51.9 Å². The fourth-order valence-electron chi connectivity index (χ4n) is 5.71. The summed E-state index contributed by atoms with van der Waals surface area (Å²) in [7, 11) is 1.60. The van der Waals surface area contributed by atoms with Gasteiger partial charge in [0.25, 0.3) is 0 Å². The predicted octanol–water partition coefficient (Wildman–Crippen LogP) is 5.14. The molecular formula is C28H35F3N6O2. The molecule has 0 spiro atoms. The molecular weight excluding hydrogens is 509 g/mol. The highest BCUT2D eigenvalue weighted by Gasteiger charge is 2.33. The number of hydrogen-bond donors (Lipinski definition) is 1. The smallest absolute Gasteiger partial charge is 0.416 e. The molecule has 1 atom stereocenters. The molecule has 4 heterocycles. The number of pyridine rings is 1. The van der Waals surface area contributed by atoms with Crippen molar-refractivity contribution in [3.05, 3.63) is 46.8 Å². The number of benzene rings is 1. The molecule has 2 aliphatic rings. The second kappa shape index (κ2) is 11.1. The number of aryl methyl sites for hydroxylation is 1. The van der Waals surface area contributed by atoms with Gasteiger partial charge < -0.3 is 19.7 Å². The van der Waals surface area contributed by atoms with Gasteiger partial charge in [0.2, 0.25) is 5.88 Å². The van der Waals surface area contributed by atoms with Crippen molar-refractivity contribution < 1.29 is 22.6 Å². The summed E-state index contributed by atoms with van der Waals surface area (Å²) in [6.07, 6.45) is -2.28. The van der Waals surface area contributed by atoms with Crippen molar-refractivity contribution in [1.29, 1.82) is 0 Å². The predicted molar refractivity (Wildman–Crippen MR) is 144 cm³/mol. The molecule has 2 aliphatic heterocycles. The van der Waals surface area contributed by atoms with Gasteiger partial charge in [-0.3, -0.25) is 4.90 Å². The Bertz CT molecular complexity index is 1320. The van der Waals surface area contributed by atoms with Gasteiger partial charge in [0, 0.05) is 45.4 Å². The number of piperazine rings is 1. The van der Waals surface area contributed by atoms with Gasteiger partial charge in [0.15, 0.2) is 5.65 Å². The number of fused-ring (bicyclic) bond motifs is 1. The second-order valence-electron chi connectivity index (χ2n) is 10.3. The lowest BCUT2D eigenvalue weighted by molar-refractivity contribution is -0.138. The highest BCUT2D eigenvalue weighted by atomic mass is 19.4. The largest absolute Gasteiger partial charge is 0.479 e. The summed E-state index contributed by atoms with van der Waals surface area (Å²) in [6, 6.07) is 6.38. The first-order chi connectivity index (χ1) is 18.7. The molecule has 0 radical (unpaired) electrons. The van der Waals surface area contributed by atoms with Crippen LogP contribution in [0.15, 0.2) is 24.3 Å². The van der Waals surface area contributed by atoms with E-state index in [9.17, 15) is 13.2 Å². The molecule has 3 aromatic rings. The lowest BCUT2D eigenvalue weighted by atomic mass is 9.97. The van der Waals surface area contributed by atoms with E-state index in [0.29, 0.717) is 40.2 Å². The molecule has 2 saturated heterocycles. The molecule has 5 rings (SSSR count). The number of ether oxygens (including phenoxy) is 2. The van der Waals surface area contributed by atoms with Crippen LogP contribution in [0.25, 0.3) is 11.0 Å². The molecule has 11 heteroatoms. The van der Waals surface area contributed by atoms with E-state index in [4.69, 9.17) is 14.5 Å². The Morgan fingerprint density at radius 1 is 1.05 bits per heavy atom. The van der Waals surface area contributed by atoms with Crippen LogP contribution in [0.2, 0.25) is 0 Å². The standard InChI is InChI=1S/C28H35F3N6O2/c1-17-21(6-5-7-23(17)28(29,30)31)18(2)32-25-22-16-24(27(38-4)35-26(22)34-19(3)33-25)37-12-10-36(11-13-37)20-8-14-39-15-9-20/h5-7,16,18,20H,8-15H2,1-4H3,(H,32,33,34,35)/t18-/m1/s1. The molecule has 1 N–H and O–H groups in total. The minimum Gasteiger partial charge on any atom is -0.479 e. The van der Waals surface area contributed by atoms with E-state index < -0.39 is 17.8 Å². The number of nitrogens with one attached hydrogen (secondary N) is 1. The summed E-state index contributed by atoms with van der Waals surface area (Å²) in [5.74, 6) is 1.53. The molecule has 0 saturated carbocycles. The number of alkyl halides is 3. The number of nitrogens with zero attached hydrogens (tertiary/aromatic N) is 5. The van der Waals surface area contributed by atoms with Gasteiger partial charge >= 0.3 is 6.18 Å². The highest BCUT2D eigenvalue weighted by molar-refractivity contribution is 5.90. The minimum atomic E-state index is -4.41. The lowest BCUT2D eigenvalue weighted by Gasteiger charge is -2.41. The van der Waals surface area contributed by atoms with Gasteiger partial charge in [-0.2, -0.15) is 18.2 Å². The third-order valence-electron chi connectivity index (χ3n) is 7.80. The molecule has 0 aliphatic carbocycles. The zero-order chi connectivity index (χ0) is 27.7. The highest BCUT2D eigenvalue weighted by Crippen LogP contribution is 2.37. The SMILES string of the molecule is COc1nc2nc(C)nc(N[C@H](C)c3cccc(C(F)(F)F)c3C)c2cc1N1CCN(C2CCOCC2)CC1. The van der Waals surface area contributed by atoms with Crippen LogP contribution < -0.4 is 15.0 Å². The summed E-state index contributed by atoms with van der Waals surface area (Å²) >= 11 is 0. The summed E-state index contributed by atoms with van der Waals surface area (Å²) in [5.41, 5.74) is 1.45. The second-order valence-corrected chi connectivity index (χ2v) is 10.3. The first kappa shape index (κ1) is 27.4. The normalized spacial score (nSPS) is 18.4. The van der Waals surface area contributed by atoms with Crippen LogP contribution in [0, 0.1) is 13.8 Å². The third-order valence-corrected chi connectivity index (χ3v) is 7.80. The Kier molecular flexibility index (Phi) is 7.82. The van der Waals surface area contributed by atoms with E-state index in [-0.39, 0.29) is 5.56 Å². The van der Waals surface area contributed by atoms with Crippen molar-refractivity contribution in [2.24, 2.45) is 0 Å². The summed E-state index contributed by atoms with van der Waals surface area (Å²) in [5, 5.41) is 4.04. The van der Waals surface area contributed by atoms with Gasteiger partial charge in [-0.15, -0.1) is 0 Å². The molecule has 2 fully saturated rings. The average molecular weight is 545 g/mol. The van der Waals surface area contributed by atoms with E-state index >= 15 is 0 Å². The number of rotatable bonds is 6. The molecule has 2 aromatic heterocycles. The maximum absolute atomic E-state index is 13.5. The topological polar surface area (TPSA) is 75.6 Å². The number of halogens is 3.